The summed E-state index contributed by atoms with van der Waals surface area (Å²) >= 11 is 0. The Hall–Kier alpha value is -1.69. The van der Waals surface area contributed by atoms with Crippen molar-refractivity contribution in [3.8, 4) is 0 Å². The molecule has 0 unspecified atom stereocenters. The summed E-state index contributed by atoms with van der Waals surface area (Å²) in [6.45, 7) is 4.02. The number of Topliss-reactive ketones (excluding diaryl/α,β-unsaturated/α-hetero) is 2. The number of aliphatic hydroxyl groups is 1. The molecule has 5 aliphatic rings. The van der Waals surface area contributed by atoms with Crippen molar-refractivity contribution in [3.63, 3.8) is 0 Å². The Balaban J connectivity index is 1.46. The molecule has 1 N–H and O–H groups in total. The molecule has 4 fully saturated rings. The Morgan fingerprint density at radius 2 is 2.03 bits per heavy atom. The normalized spacial score (nSPS) is 45.4. The lowest BCUT2D eigenvalue weighted by Crippen LogP contribution is -2.55. The minimum Gasteiger partial charge on any atom is -0.504 e. The molecule has 7 atom stereocenters. The maximum Gasteiger partial charge on any atom is 0.303 e. The number of ether oxygens (including phenoxy) is 2. The maximum absolute atomic E-state index is 12.9. The van der Waals surface area contributed by atoms with Crippen LogP contribution in [-0.2, 0) is 23.9 Å². The van der Waals surface area contributed by atoms with Gasteiger partial charge in [-0.2, -0.15) is 0 Å². The Morgan fingerprint density at radius 3 is 2.79 bits per heavy atom. The van der Waals surface area contributed by atoms with Crippen LogP contribution in [0.15, 0.2) is 11.3 Å². The molecule has 0 aromatic carbocycles. The Morgan fingerprint density at radius 1 is 1.24 bits per heavy atom. The van der Waals surface area contributed by atoms with Gasteiger partial charge in [0.2, 0.25) is 0 Å². The van der Waals surface area contributed by atoms with Crippen LogP contribution in [0.3, 0.4) is 0 Å². The summed E-state index contributed by atoms with van der Waals surface area (Å²) < 4.78 is 11.4. The second-order valence-electron chi connectivity index (χ2n) is 10.2. The molecular weight excluding hydrogens is 372 g/mol. The van der Waals surface area contributed by atoms with E-state index in [0.29, 0.717) is 30.8 Å². The summed E-state index contributed by atoms with van der Waals surface area (Å²) in [6.07, 6.45) is 5.65. The van der Waals surface area contributed by atoms with Crippen molar-refractivity contribution in [1.82, 2.24) is 0 Å². The number of carbonyl (C=O) groups is 3. The molecule has 6 nitrogen and oxygen atoms in total. The quantitative estimate of drug-likeness (QED) is 0.730. The second kappa shape index (κ2) is 6.40. The van der Waals surface area contributed by atoms with E-state index >= 15 is 0 Å². The molecule has 5 rings (SSSR count). The highest BCUT2D eigenvalue weighted by Crippen LogP contribution is 2.69. The third-order valence-electron chi connectivity index (χ3n) is 9.11. The van der Waals surface area contributed by atoms with Gasteiger partial charge >= 0.3 is 5.97 Å². The van der Waals surface area contributed by atoms with Crippen molar-refractivity contribution in [2.45, 2.75) is 64.9 Å². The number of hydrogen-bond donors (Lipinski definition) is 1. The summed E-state index contributed by atoms with van der Waals surface area (Å²) in [4.78, 5) is 36.2. The molecule has 0 aromatic heterocycles. The molecule has 1 spiro atoms. The van der Waals surface area contributed by atoms with Crippen LogP contribution < -0.4 is 0 Å². The van der Waals surface area contributed by atoms with E-state index in [1.807, 2.05) is 0 Å². The van der Waals surface area contributed by atoms with Crippen molar-refractivity contribution >= 4 is 17.5 Å². The predicted octanol–water partition coefficient (Wildman–Crippen LogP) is 3.14. The molecule has 1 aliphatic heterocycles. The largest absolute Gasteiger partial charge is 0.504 e. The summed E-state index contributed by atoms with van der Waals surface area (Å²) in [5, 5.41) is 10.5. The molecule has 0 radical (unpaired) electrons. The maximum atomic E-state index is 12.9. The first-order chi connectivity index (χ1) is 13.8. The molecule has 0 amide bonds. The molecule has 158 valence electrons. The lowest BCUT2D eigenvalue weighted by atomic mass is 9.46. The fraction of sp³-hybridized carbons (Fsp3) is 0.783. The lowest BCUT2D eigenvalue weighted by Gasteiger charge is -2.56. The van der Waals surface area contributed by atoms with Gasteiger partial charge in [-0.25, -0.2) is 0 Å². The Kier molecular flexibility index (Phi) is 4.26. The van der Waals surface area contributed by atoms with Crippen LogP contribution in [0.1, 0.15) is 58.8 Å². The Bertz CT molecular complexity index is 814. The van der Waals surface area contributed by atoms with Crippen molar-refractivity contribution in [1.29, 1.82) is 0 Å². The predicted molar refractivity (Wildman–Crippen MR) is 103 cm³/mol. The van der Waals surface area contributed by atoms with Crippen molar-refractivity contribution < 1.29 is 29.0 Å². The van der Waals surface area contributed by atoms with Crippen LogP contribution in [0.4, 0.5) is 0 Å². The number of hydrogen-bond acceptors (Lipinski definition) is 6. The molecule has 0 bridgehead atoms. The molecule has 6 heteroatoms. The fourth-order valence-corrected chi connectivity index (χ4v) is 8.03. The lowest BCUT2D eigenvalue weighted by molar-refractivity contribution is -0.150. The van der Waals surface area contributed by atoms with Gasteiger partial charge in [0.05, 0.1) is 12.7 Å². The average molecular weight is 402 g/mol. The van der Waals surface area contributed by atoms with Crippen molar-refractivity contribution in [2.24, 2.45) is 34.5 Å². The molecule has 0 aromatic rings. The minimum atomic E-state index is -0.416. The van der Waals surface area contributed by atoms with Gasteiger partial charge in [0.25, 0.3) is 0 Å². The average Bonchev–Trinajstić information content (AvgIpc) is 3.22. The van der Waals surface area contributed by atoms with Crippen molar-refractivity contribution in [3.05, 3.63) is 11.3 Å². The van der Waals surface area contributed by atoms with E-state index in [1.165, 1.54) is 6.92 Å². The van der Waals surface area contributed by atoms with Crippen molar-refractivity contribution in [2.75, 3.05) is 13.2 Å². The molecule has 1 saturated heterocycles. The summed E-state index contributed by atoms with van der Waals surface area (Å²) in [7, 11) is 0. The van der Waals surface area contributed by atoms with Gasteiger partial charge in [-0.3, -0.25) is 14.4 Å². The molecule has 1 heterocycles. The van der Waals surface area contributed by atoms with Crippen LogP contribution >= 0.6 is 0 Å². The zero-order valence-corrected chi connectivity index (χ0v) is 17.2. The van der Waals surface area contributed by atoms with Gasteiger partial charge in [-0.1, -0.05) is 6.92 Å². The second-order valence-corrected chi connectivity index (χ2v) is 10.2. The zero-order valence-electron chi connectivity index (χ0n) is 17.2. The van der Waals surface area contributed by atoms with Crippen LogP contribution in [-0.4, -0.2) is 42.0 Å². The first-order valence-corrected chi connectivity index (χ1v) is 11.0. The summed E-state index contributed by atoms with van der Waals surface area (Å²) in [5.41, 5.74) is 0.622. The molecular formula is C23H30O6. The van der Waals surface area contributed by atoms with Crippen LogP contribution in [0, 0.1) is 34.5 Å². The highest BCUT2D eigenvalue weighted by Gasteiger charge is 2.67. The monoisotopic (exact) mass is 402 g/mol. The van der Waals surface area contributed by atoms with E-state index in [2.05, 4.69) is 6.92 Å². The number of esters is 1. The topological polar surface area (TPSA) is 89.9 Å². The van der Waals surface area contributed by atoms with E-state index in [4.69, 9.17) is 9.47 Å². The van der Waals surface area contributed by atoms with Gasteiger partial charge < -0.3 is 14.6 Å². The first kappa shape index (κ1) is 19.3. The minimum absolute atomic E-state index is 0.00754. The van der Waals surface area contributed by atoms with Gasteiger partial charge in [0.15, 0.2) is 17.3 Å². The van der Waals surface area contributed by atoms with Crippen LogP contribution in [0.5, 0.6) is 0 Å². The van der Waals surface area contributed by atoms with E-state index in [0.717, 1.165) is 44.1 Å². The third-order valence-corrected chi connectivity index (χ3v) is 9.11. The third kappa shape index (κ3) is 2.54. The number of rotatable bonds is 3. The van der Waals surface area contributed by atoms with E-state index in [9.17, 15) is 19.5 Å². The van der Waals surface area contributed by atoms with E-state index < -0.39 is 5.97 Å². The fourth-order valence-electron chi connectivity index (χ4n) is 8.03. The summed E-state index contributed by atoms with van der Waals surface area (Å²) in [6, 6.07) is 0. The number of fused-ring (bicyclic) bond motifs is 2. The highest BCUT2D eigenvalue weighted by molar-refractivity contribution is 5.95. The highest BCUT2D eigenvalue weighted by atomic mass is 16.5. The SMILES string of the molecule is CC(=O)OCC(=O)[C@H]1CC[C@H]2[C@@H]3CCC4=C(O)C(=O)CC[C@@]45CO[C@@H](C[C@]12C)[C@@H]35. The van der Waals surface area contributed by atoms with Gasteiger partial charge in [-0.15, -0.1) is 0 Å². The first-order valence-electron chi connectivity index (χ1n) is 11.0. The van der Waals surface area contributed by atoms with Crippen LogP contribution in [0.25, 0.3) is 0 Å². The number of ketones is 2. The van der Waals surface area contributed by atoms with Gasteiger partial charge in [0, 0.05) is 24.7 Å². The summed E-state index contributed by atoms with van der Waals surface area (Å²) in [5.74, 6) is 0.647. The smallest absolute Gasteiger partial charge is 0.303 e. The van der Waals surface area contributed by atoms with E-state index in [1.54, 1.807) is 0 Å². The zero-order chi connectivity index (χ0) is 20.6. The Labute approximate surface area is 171 Å². The van der Waals surface area contributed by atoms with Gasteiger partial charge in [0.1, 0.15) is 6.61 Å². The van der Waals surface area contributed by atoms with E-state index in [-0.39, 0.29) is 46.8 Å². The standard InChI is InChI=1S/C23H30O6/c1-12(24)28-10-18(26)15-6-5-14-13-3-4-16-21(27)17(25)7-8-23(16)11-29-19(20(13)23)9-22(14,15)2/h13-15,19-20,27H,3-11H2,1-2H3/t13-,14-,15+,19-,20+,22-,23+/m0/s1. The van der Waals surface area contributed by atoms with Gasteiger partial charge in [-0.05, 0) is 67.3 Å². The number of aliphatic hydroxyl groups excluding tert-OH is 1. The molecule has 4 aliphatic carbocycles. The number of carbonyl (C=O) groups excluding carboxylic acids is 3. The molecule has 29 heavy (non-hydrogen) atoms. The molecule has 3 saturated carbocycles. The van der Waals surface area contributed by atoms with Crippen LogP contribution in [0.2, 0.25) is 0 Å².